The molecule has 0 aliphatic heterocycles. The van der Waals surface area contributed by atoms with Gasteiger partial charge in [0.15, 0.2) is 0 Å². The van der Waals surface area contributed by atoms with Gasteiger partial charge in [-0.05, 0) is 50.1 Å². The molecule has 0 fully saturated rings. The Labute approximate surface area is 164 Å². The lowest BCUT2D eigenvalue weighted by Gasteiger charge is -2.23. The number of sulfonamides is 1. The van der Waals surface area contributed by atoms with E-state index in [1.807, 2.05) is 32.9 Å². The van der Waals surface area contributed by atoms with Crippen LogP contribution in [0.4, 0.5) is 11.4 Å². The minimum absolute atomic E-state index is 0.212. The highest BCUT2D eigenvalue weighted by atomic mass is 35.5. The third-order valence-electron chi connectivity index (χ3n) is 3.82. The molecule has 0 bridgehead atoms. The smallest absolute Gasteiger partial charge is 0.245 e. The molecule has 0 aliphatic rings. The lowest BCUT2D eigenvalue weighted by atomic mass is 10.1. The second kappa shape index (κ2) is 7.86. The Hall–Kier alpha value is -1.76. The zero-order valence-corrected chi connectivity index (χ0v) is 17.3. The molecule has 0 saturated carbocycles. The number of carbonyl (C=O) groups is 1. The van der Waals surface area contributed by atoms with Crippen molar-refractivity contribution in [3.05, 3.63) is 57.1 Å². The van der Waals surface area contributed by atoms with Crippen LogP contribution in [0, 0.1) is 20.8 Å². The number of rotatable bonds is 5. The number of anilines is 2. The molecular formula is C18H20Cl2N2O3S. The van der Waals surface area contributed by atoms with Crippen LogP contribution in [0.2, 0.25) is 10.0 Å². The van der Waals surface area contributed by atoms with E-state index in [2.05, 4.69) is 5.32 Å². The first-order chi connectivity index (χ1) is 12.0. The van der Waals surface area contributed by atoms with E-state index in [0.29, 0.717) is 10.7 Å². The number of nitrogens with zero attached hydrogens (tertiary/aromatic N) is 1. The van der Waals surface area contributed by atoms with Crippen molar-refractivity contribution in [3.8, 4) is 0 Å². The van der Waals surface area contributed by atoms with E-state index in [1.54, 1.807) is 0 Å². The first kappa shape index (κ1) is 20.6. The average Bonchev–Trinajstić information content (AvgIpc) is 2.50. The highest BCUT2D eigenvalue weighted by Crippen LogP contribution is 2.28. The normalized spacial score (nSPS) is 11.3. The molecule has 0 heterocycles. The van der Waals surface area contributed by atoms with Gasteiger partial charge in [0.1, 0.15) is 6.54 Å². The highest BCUT2D eigenvalue weighted by molar-refractivity contribution is 7.92. The van der Waals surface area contributed by atoms with Crippen LogP contribution in [0.25, 0.3) is 0 Å². The van der Waals surface area contributed by atoms with Gasteiger partial charge < -0.3 is 5.32 Å². The molecule has 2 aromatic carbocycles. The lowest BCUT2D eigenvalue weighted by Crippen LogP contribution is -2.37. The molecule has 0 radical (unpaired) electrons. The van der Waals surface area contributed by atoms with E-state index in [-0.39, 0.29) is 17.3 Å². The summed E-state index contributed by atoms with van der Waals surface area (Å²) in [5.41, 5.74) is 3.87. The van der Waals surface area contributed by atoms with E-state index in [1.165, 1.54) is 18.2 Å². The molecule has 2 rings (SSSR count). The maximum absolute atomic E-state index is 12.5. The van der Waals surface area contributed by atoms with Crippen LogP contribution >= 0.6 is 23.2 Å². The van der Waals surface area contributed by atoms with E-state index in [0.717, 1.165) is 27.3 Å². The van der Waals surface area contributed by atoms with Crippen LogP contribution in [-0.4, -0.2) is 27.1 Å². The molecule has 140 valence electrons. The number of aryl methyl sites for hydroxylation is 3. The third kappa shape index (κ3) is 4.90. The van der Waals surface area contributed by atoms with Gasteiger partial charge in [-0.1, -0.05) is 40.9 Å². The first-order valence-corrected chi connectivity index (χ1v) is 10.4. The van der Waals surface area contributed by atoms with Crippen molar-refractivity contribution >= 4 is 50.5 Å². The van der Waals surface area contributed by atoms with Crippen molar-refractivity contribution in [3.63, 3.8) is 0 Å². The van der Waals surface area contributed by atoms with Crippen molar-refractivity contribution in [1.82, 2.24) is 0 Å². The summed E-state index contributed by atoms with van der Waals surface area (Å²) < 4.78 is 25.3. The Kier molecular flexibility index (Phi) is 6.21. The molecule has 1 amide bonds. The van der Waals surface area contributed by atoms with Crippen molar-refractivity contribution in [2.75, 3.05) is 22.4 Å². The van der Waals surface area contributed by atoms with Gasteiger partial charge in [-0.15, -0.1) is 0 Å². The van der Waals surface area contributed by atoms with Gasteiger partial charge in [0.05, 0.1) is 22.0 Å². The summed E-state index contributed by atoms with van der Waals surface area (Å²) >= 11 is 11.9. The Bertz CT molecular complexity index is 936. The van der Waals surface area contributed by atoms with Crippen LogP contribution in [0.1, 0.15) is 16.7 Å². The second-order valence-electron chi connectivity index (χ2n) is 6.19. The Balaban J connectivity index is 2.29. The molecule has 8 heteroatoms. The van der Waals surface area contributed by atoms with Crippen molar-refractivity contribution in [2.24, 2.45) is 0 Å². The molecular weight excluding hydrogens is 395 g/mol. The predicted molar refractivity (Wildman–Crippen MR) is 108 cm³/mol. The van der Waals surface area contributed by atoms with Gasteiger partial charge in [0.25, 0.3) is 0 Å². The molecule has 0 aliphatic carbocycles. The summed E-state index contributed by atoms with van der Waals surface area (Å²) in [6.45, 7) is 5.39. The molecule has 0 spiro atoms. The molecule has 0 aromatic heterocycles. The quantitative estimate of drug-likeness (QED) is 0.791. The van der Waals surface area contributed by atoms with Crippen molar-refractivity contribution < 1.29 is 13.2 Å². The minimum atomic E-state index is -3.69. The minimum Gasteiger partial charge on any atom is -0.324 e. The van der Waals surface area contributed by atoms with E-state index in [4.69, 9.17) is 23.2 Å². The van der Waals surface area contributed by atoms with E-state index >= 15 is 0 Å². The van der Waals surface area contributed by atoms with Gasteiger partial charge in [0.2, 0.25) is 15.9 Å². The Morgan fingerprint density at radius 1 is 1.04 bits per heavy atom. The second-order valence-corrected chi connectivity index (χ2v) is 8.91. The summed E-state index contributed by atoms with van der Waals surface area (Å²) in [7, 11) is -3.69. The number of hydrogen-bond acceptors (Lipinski definition) is 3. The van der Waals surface area contributed by atoms with Crippen LogP contribution in [0.3, 0.4) is 0 Å². The molecule has 0 atom stereocenters. The summed E-state index contributed by atoms with van der Waals surface area (Å²) in [4.78, 5) is 12.5. The fourth-order valence-corrected chi connectivity index (χ4v) is 3.87. The zero-order chi connectivity index (χ0) is 19.6. The third-order valence-corrected chi connectivity index (χ3v) is 5.70. The Morgan fingerprint density at radius 2 is 1.62 bits per heavy atom. The van der Waals surface area contributed by atoms with Crippen LogP contribution < -0.4 is 9.62 Å². The molecule has 0 saturated heterocycles. The van der Waals surface area contributed by atoms with Crippen LogP contribution in [-0.2, 0) is 14.8 Å². The number of benzene rings is 2. The maximum atomic E-state index is 12.5. The zero-order valence-electron chi connectivity index (χ0n) is 14.9. The Morgan fingerprint density at radius 3 is 2.12 bits per heavy atom. The SMILES string of the molecule is Cc1cc(C)c(NC(=O)CN(c2ccc(Cl)c(Cl)c2)S(C)(=O)=O)c(C)c1. The standard InChI is InChI=1S/C18H20Cl2N2O3S/c1-11-7-12(2)18(13(3)8-11)21-17(23)10-22(26(4,24)25)14-5-6-15(19)16(20)9-14/h5-9H,10H2,1-4H3,(H,21,23). The van der Waals surface area contributed by atoms with Gasteiger partial charge in [-0.2, -0.15) is 0 Å². The van der Waals surface area contributed by atoms with Crippen molar-refractivity contribution in [1.29, 1.82) is 0 Å². The highest BCUT2D eigenvalue weighted by Gasteiger charge is 2.22. The molecule has 1 N–H and O–H groups in total. The number of carbonyl (C=O) groups excluding carboxylic acids is 1. The first-order valence-electron chi connectivity index (χ1n) is 7.79. The predicted octanol–water partition coefficient (Wildman–Crippen LogP) is 4.32. The van der Waals surface area contributed by atoms with Crippen LogP contribution in [0.15, 0.2) is 30.3 Å². The summed E-state index contributed by atoms with van der Waals surface area (Å²) in [5.74, 6) is -0.448. The fourth-order valence-electron chi connectivity index (χ4n) is 2.73. The number of amides is 1. The van der Waals surface area contributed by atoms with Gasteiger partial charge >= 0.3 is 0 Å². The summed E-state index contributed by atoms with van der Waals surface area (Å²) in [6.07, 6.45) is 1.03. The molecule has 26 heavy (non-hydrogen) atoms. The number of nitrogens with one attached hydrogen (secondary N) is 1. The maximum Gasteiger partial charge on any atom is 0.245 e. The fraction of sp³-hybridized carbons (Fsp3) is 0.278. The molecule has 2 aromatic rings. The molecule has 5 nitrogen and oxygen atoms in total. The molecule has 0 unspecified atom stereocenters. The van der Waals surface area contributed by atoms with Gasteiger partial charge in [-0.25, -0.2) is 8.42 Å². The van der Waals surface area contributed by atoms with E-state index < -0.39 is 15.9 Å². The van der Waals surface area contributed by atoms with Gasteiger partial charge in [0, 0.05) is 5.69 Å². The summed E-state index contributed by atoms with van der Waals surface area (Å²) in [6, 6.07) is 8.32. The average molecular weight is 415 g/mol. The number of hydrogen-bond donors (Lipinski definition) is 1. The van der Waals surface area contributed by atoms with Gasteiger partial charge in [-0.3, -0.25) is 9.10 Å². The monoisotopic (exact) mass is 414 g/mol. The summed E-state index contributed by atoms with van der Waals surface area (Å²) in [5, 5.41) is 3.32. The van der Waals surface area contributed by atoms with Crippen LogP contribution in [0.5, 0.6) is 0 Å². The largest absolute Gasteiger partial charge is 0.324 e. The lowest BCUT2D eigenvalue weighted by molar-refractivity contribution is -0.114. The number of halogens is 2. The van der Waals surface area contributed by atoms with Crippen molar-refractivity contribution in [2.45, 2.75) is 20.8 Å². The topological polar surface area (TPSA) is 66.5 Å². The van der Waals surface area contributed by atoms with E-state index in [9.17, 15) is 13.2 Å².